The Labute approximate surface area is 299 Å². The third kappa shape index (κ3) is 14.3. The molecule has 3 amide bonds. The maximum atomic E-state index is 12.9. The number of amides is 3. The molecule has 0 saturated heterocycles. The van der Waals surface area contributed by atoms with Crippen molar-refractivity contribution >= 4 is 53.0 Å². The predicted octanol–water partition coefficient (Wildman–Crippen LogP) is 8.95. The Morgan fingerprint density at radius 3 is 2.00 bits per heavy atom. The van der Waals surface area contributed by atoms with Crippen LogP contribution in [0.4, 0.5) is 21.0 Å². The van der Waals surface area contributed by atoms with Gasteiger partial charge in [-0.2, -0.15) is 0 Å². The van der Waals surface area contributed by atoms with E-state index in [2.05, 4.69) is 41.7 Å². The van der Waals surface area contributed by atoms with Gasteiger partial charge in [0.05, 0.1) is 5.56 Å². The summed E-state index contributed by atoms with van der Waals surface area (Å²) in [7, 11) is 0. The van der Waals surface area contributed by atoms with Crippen molar-refractivity contribution in [3.8, 4) is 5.75 Å². The Kier molecular flexibility index (Phi) is 13.2. The highest BCUT2D eigenvalue weighted by atomic mass is 35.5. The maximum absolute atomic E-state index is 12.9. The molecule has 11 nitrogen and oxygen atoms in total. The number of rotatable bonds is 8. The SMILES string of the molecule is CC(C)(C)Cc1ccccc1NC(=O)CCc1ccc(OC(=O)c2ccc(N/C(=N\C(=O)OC(C)(C)C)NC(=O)OC(C)(C)C)cc2)cc1Cl. The zero-order valence-electron chi connectivity index (χ0n) is 30.2. The Morgan fingerprint density at radius 1 is 0.760 bits per heavy atom. The molecule has 3 aromatic carbocycles. The minimum absolute atomic E-state index is 0.0756. The lowest BCUT2D eigenvalue weighted by atomic mass is 9.87. The lowest BCUT2D eigenvalue weighted by Crippen LogP contribution is -2.40. The number of alkyl carbamates (subject to hydrolysis) is 1. The molecular formula is C38H47ClN4O7. The van der Waals surface area contributed by atoms with Crippen LogP contribution in [0.15, 0.2) is 71.7 Å². The summed E-state index contributed by atoms with van der Waals surface area (Å²) >= 11 is 6.50. The summed E-state index contributed by atoms with van der Waals surface area (Å²) in [5.74, 6) is -0.760. The summed E-state index contributed by atoms with van der Waals surface area (Å²) < 4.78 is 16.0. The maximum Gasteiger partial charge on any atom is 0.437 e. The van der Waals surface area contributed by atoms with Crippen LogP contribution >= 0.6 is 11.6 Å². The number of hydrogen-bond donors (Lipinski definition) is 3. The minimum atomic E-state index is -0.929. The Hall–Kier alpha value is -4.90. The highest BCUT2D eigenvalue weighted by Crippen LogP contribution is 2.27. The van der Waals surface area contributed by atoms with Crippen LogP contribution in [0.25, 0.3) is 0 Å². The molecule has 50 heavy (non-hydrogen) atoms. The summed E-state index contributed by atoms with van der Waals surface area (Å²) in [6, 6.07) is 18.7. The third-order valence-corrected chi connectivity index (χ3v) is 6.82. The molecule has 3 aromatic rings. The molecule has 0 saturated carbocycles. The van der Waals surface area contributed by atoms with Gasteiger partial charge in [-0.15, -0.1) is 4.99 Å². The van der Waals surface area contributed by atoms with Gasteiger partial charge in [-0.3, -0.25) is 10.1 Å². The van der Waals surface area contributed by atoms with Gasteiger partial charge in [0.15, 0.2) is 0 Å². The number of benzene rings is 3. The van der Waals surface area contributed by atoms with Gasteiger partial charge in [0, 0.05) is 22.8 Å². The van der Waals surface area contributed by atoms with Crippen molar-refractivity contribution in [1.29, 1.82) is 0 Å². The first kappa shape index (κ1) is 39.5. The molecule has 268 valence electrons. The first-order chi connectivity index (χ1) is 23.2. The number of para-hydroxylation sites is 1. The zero-order chi connectivity index (χ0) is 37.3. The number of nitrogens with one attached hydrogen (secondary N) is 3. The van der Waals surface area contributed by atoms with Crippen molar-refractivity contribution in [2.24, 2.45) is 10.4 Å². The van der Waals surface area contributed by atoms with E-state index in [0.717, 1.165) is 23.2 Å². The highest BCUT2D eigenvalue weighted by molar-refractivity contribution is 6.31. The summed E-state index contributed by atoms with van der Waals surface area (Å²) in [5.41, 5.74) is 1.73. The molecule has 0 aromatic heterocycles. The van der Waals surface area contributed by atoms with Gasteiger partial charge < -0.3 is 24.8 Å². The van der Waals surface area contributed by atoms with Crippen LogP contribution in [-0.4, -0.2) is 41.2 Å². The van der Waals surface area contributed by atoms with E-state index in [1.165, 1.54) is 18.2 Å². The number of carbonyl (C=O) groups excluding carboxylic acids is 4. The van der Waals surface area contributed by atoms with Gasteiger partial charge in [-0.1, -0.05) is 56.6 Å². The van der Waals surface area contributed by atoms with Gasteiger partial charge in [-0.05, 0) is 113 Å². The Morgan fingerprint density at radius 2 is 1.40 bits per heavy atom. The van der Waals surface area contributed by atoms with Crippen molar-refractivity contribution in [2.75, 3.05) is 10.6 Å². The molecule has 0 radical (unpaired) electrons. The van der Waals surface area contributed by atoms with Crippen molar-refractivity contribution < 1.29 is 33.4 Å². The second kappa shape index (κ2) is 16.7. The Bertz CT molecular complexity index is 1720. The quantitative estimate of drug-likeness (QED) is 0.0911. The summed E-state index contributed by atoms with van der Waals surface area (Å²) in [4.78, 5) is 54.2. The molecule has 0 spiro atoms. The van der Waals surface area contributed by atoms with Crippen molar-refractivity contribution in [1.82, 2.24) is 5.32 Å². The van der Waals surface area contributed by atoms with Crippen molar-refractivity contribution in [3.05, 3.63) is 88.4 Å². The van der Waals surface area contributed by atoms with Gasteiger partial charge in [-0.25, -0.2) is 14.4 Å². The number of aryl methyl sites for hydroxylation is 1. The summed E-state index contributed by atoms with van der Waals surface area (Å²) in [6.45, 7) is 16.6. The standard InChI is InChI=1S/C38H47ClN4O7/c1-36(2,3)23-26-12-10-11-13-30(26)41-31(44)21-17-24-16-20-28(22-29(24)39)48-32(45)25-14-18-27(19-15-25)40-33(42-34(46)49-37(4,5)6)43-35(47)50-38(7,8)9/h10-16,18-20,22H,17,21,23H2,1-9H3,(H,41,44)(H2,40,42,43,46,47). The number of ether oxygens (including phenoxy) is 3. The first-order valence-corrected chi connectivity index (χ1v) is 16.6. The Balaban J connectivity index is 1.61. The highest BCUT2D eigenvalue weighted by Gasteiger charge is 2.21. The van der Waals surface area contributed by atoms with Gasteiger partial charge >= 0.3 is 18.2 Å². The van der Waals surface area contributed by atoms with E-state index in [4.69, 9.17) is 25.8 Å². The second-order valence-electron chi connectivity index (χ2n) is 14.9. The molecule has 0 heterocycles. The third-order valence-electron chi connectivity index (χ3n) is 6.47. The number of hydrogen-bond acceptors (Lipinski definition) is 7. The molecule has 0 aliphatic rings. The van der Waals surface area contributed by atoms with E-state index in [-0.39, 0.29) is 35.0 Å². The number of aliphatic imine (C=N–C) groups is 1. The van der Waals surface area contributed by atoms with Crippen LogP contribution in [0.3, 0.4) is 0 Å². The number of anilines is 2. The van der Waals surface area contributed by atoms with E-state index >= 15 is 0 Å². The van der Waals surface area contributed by atoms with Gasteiger partial charge in [0.2, 0.25) is 11.9 Å². The fraction of sp³-hybridized carbons (Fsp3) is 0.395. The number of halogens is 1. The second-order valence-corrected chi connectivity index (χ2v) is 15.3. The molecule has 3 rings (SSSR count). The number of carbonyl (C=O) groups is 4. The van der Waals surface area contributed by atoms with Gasteiger partial charge in [0.1, 0.15) is 17.0 Å². The molecule has 0 bridgehead atoms. The lowest BCUT2D eigenvalue weighted by molar-refractivity contribution is -0.116. The monoisotopic (exact) mass is 706 g/mol. The van der Waals surface area contributed by atoms with Crippen LogP contribution in [-0.2, 0) is 27.1 Å². The smallest absolute Gasteiger partial charge is 0.437 e. The van der Waals surface area contributed by atoms with Crippen LogP contribution < -0.4 is 20.7 Å². The van der Waals surface area contributed by atoms with E-state index in [0.29, 0.717) is 17.1 Å². The van der Waals surface area contributed by atoms with Crippen LogP contribution in [0.1, 0.15) is 90.2 Å². The first-order valence-electron chi connectivity index (χ1n) is 16.2. The minimum Gasteiger partial charge on any atom is -0.444 e. The molecule has 3 N–H and O–H groups in total. The van der Waals surface area contributed by atoms with Crippen molar-refractivity contribution in [3.63, 3.8) is 0 Å². The normalized spacial score (nSPS) is 12.1. The molecule has 0 atom stereocenters. The van der Waals surface area contributed by atoms with E-state index in [9.17, 15) is 19.2 Å². The van der Waals surface area contributed by atoms with E-state index in [1.54, 1.807) is 65.8 Å². The molecular weight excluding hydrogens is 660 g/mol. The van der Waals surface area contributed by atoms with E-state index in [1.807, 2.05) is 24.3 Å². The largest absolute Gasteiger partial charge is 0.444 e. The molecule has 0 fully saturated rings. The predicted molar refractivity (Wildman–Crippen MR) is 196 cm³/mol. The topological polar surface area (TPSA) is 144 Å². The molecule has 0 aliphatic carbocycles. The number of nitrogens with zero attached hydrogens (tertiary/aromatic N) is 1. The van der Waals surface area contributed by atoms with Crippen molar-refractivity contribution in [2.45, 2.75) is 92.8 Å². The number of guanidine groups is 1. The molecule has 0 unspecified atom stereocenters. The average Bonchev–Trinajstić information content (AvgIpc) is 2.95. The fourth-order valence-corrected chi connectivity index (χ4v) is 4.74. The van der Waals surface area contributed by atoms with Crippen LogP contribution in [0.2, 0.25) is 5.02 Å². The van der Waals surface area contributed by atoms with Crippen LogP contribution in [0, 0.1) is 5.41 Å². The fourth-order valence-electron chi connectivity index (χ4n) is 4.48. The average molecular weight is 707 g/mol. The van der Waals surface area contributed by atoms with Crippen LogP contribution in [0.5, 0.6) is 5.75 Å². The van der Waals surface area contributed by atoms with Gasteiger partial charge in [0.25, 0.3) is 0 Å². The lowest BCUT2D eigenvalue weighted by Gasteiger charge is -2.21. The zero-order valence-corrected chi connectivity index (χ0v) is 30.9. The summed E-state index contributed by atoms with van der Waals surface area (Å²) in [6.07, 6.45) is -0.313. The molecule has 0 aliphatic heterocycles. The number of esters is 1. The van der Waals surface area contributed by atoms with E-state index < -0.39 is 29.4 Å². The molecule has 12 heteroatoms. The summed E-state index contributed by atoms with van der Waals surface area (Å²) in [5, 5.41) is 8.61.